The molecule has 2 aromatic rings. The Hall–Kier alpha value is -1.89. The second kappa shape index (κ2) is 8.64. The summed E-state index contributed by atoms with van der Waals surface area (Å²) in [6, 6.07) is 9.90. The van der Waals surface area contributed by atoms with Gasteiger partial charge in [-0.3, -0.25) is 0 Å². The van der Waals surface area contributed by atoms with Gasteiger partial charge in [-0.2, -0.15) is 0 Å². The van der Waals surface area contributed by atoms with E-state index in [9.17, 15) is 13.2 Å². The minimum atomic E-state index is -3.93. The zero-order valence-electron chi connectivity index (χ0n) is 16.0. The summed E-state index contributed by atoms with van der Waals surface area (Å²) in [4.78, 5) is 11.6. The minimum absolute atomic E-state index is 0.0560. The number of fused-ring (bicyclic) bond motifs is 1. The van der Waals surface area contributed by atoms with Gasteiger partial charge in [0.15, 0.2) is 0 Å². The summed E-state index contributed by atoms with van der Waals surface area (Å²) < 4.78 is 33.4. The van der Waals surface area contributed by atoms with Crippen molar-refractivity contribution in [1.82, 2.24) is 4.72 Å². The number of esters is 1. The zero-order chi connectivity index (χ0) is 20.3. The highest BCUT2D eigenvalue weighted by Crippen LogP contribution is 2.29. The molecule has 1 unspecified atom stereocenters. The summed E-state index contributed by atoms with van der Waals surface area (Å²) in [6.45, 7) is 1.93. The SMILES string of the molecule is CCC(NS(=O)(=O)c1cc(C(=O)OC)ccc1Cl)c1ccc2c(c1)CCCC2. The van der Waals surface area contributed by atoms with Gasteiger partial charge in [0.25, 0.3) is 0 Å². The Kier molecular flexibility index (Phi) is 6.43. The standard InChI is InChI=1S/C21H24ClNO4S/c1-3-19(16-9-8-14-6-4-5-7-15(14)12-16)23-28(25,26)20-13-17(21(24)27-2)10-11-18(20)22/h8-13,19,23H,3-7H2,1-2H3. The van der Waals surface area contributed by atoms with Gasteiger partial charge in [0, 0.05) is 6.04 Å². The van der Waals surface area contributed by atoms with Crippen LogP contribution in [0.4, 0.5) is 0 Å². The molecule has 5 nitrogen and oxygen atoms in total. The van der Waals surface area contributed by atoms with Gasteiger partial charge in [-0.25, -0.2) is 17.9 Å². The number of nitrogens with one attached hydrogen (secondary N) is 1. The van der Waals surface area contributed by atoms with Crippen LogP contribution in [0.2, 0.25) is 5.02 Å². The second-order valence-corrected chi connectivity index (χ2v) is 9.04. The van der Waals surface area contributed by atoms with E-state index in [1.165, 1.54) is 42.9 Å². The van der Waals surface area contributed by atoms with Crippen molar-refractivity contribution in [1.29, 1.82) is 0 Å². The van der Waals surface area contributed by atoms with Crippen LogP contribution in [-0.2, 0) is 27.6 Å². The van der Waals surface area contributed by atoms with Crippen molar-refractivity contribution in [2.24, 2.45) is 0 Å². The van der Waals surface area contributed by atoms with Crippen LogP contribution >= 0.6 is 11.6 Å². The Morgan fingerprint density at radius 1 is 1.14 bits per heavy atom. The molecular weight excluding hydrogens is 398 g/mol. The van der Waals surface area contributed by atoms with Crippen molar-refractivity contribution in [2.45, 2.75) is 50.0 Å². The molecule has 0 aliphatic heterocycles. The lowest BCUT2D eigenvalue weighted by Gasteiger charge is -2.22. The van der Waals surface area contributed by atoms with E-state index in [0.29, 0.717) is 6.42 Å². The summed E-state index contributed by atoms with van der Waals surface area (Å²) in [7, 11) is -2.68. The first kappa shape index (κ1) is 20.8. The van der Waals surface area contributed by atoms with E-state index in [-0.39, 0.29) is 21.5 Å². The van der Waals surface area contributed by atoms with E-state index in [1.54, 1.807) is 0 Å². The van der Waals surface area contributed by atoms with Gasteiger partial charge in [-0.1, -0.05) is 36.7 Å². The molecule has 3 rings (SSSR count). The number of aryl methyl sites for hydroxylation is 2. The van der Waals surface area contributed by atoms with Crippen LogP contribution in [0.3, 0.4) is 0 Å². The molecule has 28 heavy (non-hydrogen) atoms. The molecule has 1 aliphatic rings. The average Bonchev–Trinajstić information content (AvgIpc) is 2.71. The van der Waals surface area contributed by atoms with Crippen LogP contribution in [0.15, 0.2) is 41.3 Å². The first-order valence-electron chi connectivity index (χ1n) is 9.37. The van der Waals surface area contributed by atoms with Gasteiger partial charge >= 0.3 is 5.97 Å². The third-order valence-electron chi connectivity index (χ3n) is 5.12. The number of carbonyl (C=O) groups is 1. The monoisotopic (exact) mass is 421 g/mol. The minimum Gasteiger partial charge on any atom is -0.465 e. The van der Waals surface area contributed by atoms with Gasteiger partial charge < -0.3 is 4.74 Å². The fourth-order valence-electron chi connectivity index (χ4n) is 3.56. The molecule has 150 valence electrons. The van der Waals surface area contributed by atoms with Gasteiger partial charge in [-0.05, 0) is 67.0 Å². The molecule has 0 radical (unpaired) electrons. The molecule has 0 aromatic heterocycles. The van der Waals surface area contributed by atoms with Crippen LogP contribution in [-0.4, -0.2) is 21.5 Å². The van der Waals surface area contributed by atoms with Crippen molar-refractivity contribution in [3.63, 3.8) is 0 Å². The van der Waals surface area contributed by atoms with Gasteiger partial charge in [-0.15, -0.1) is 0 Å². The number of ether oxygens (including phenoxy) is 1. The number of hydrogen-bond donors (Lipinski definition) is 1. The molecule has 2 aromatic carbocycles. The molecule has 0 saturated carbocycles. The fraction of sp³-hybridized carbons (Fsp3) is 0.381. The molecule has 1 N–H and O–H groups in total. The number of carbonyl (C=O) groups excluding carboxylic acids is 1. The van der Waals surface area contributed by atoms with Gasteiger partial charge in [0.05, 0.1) is 17.7 Å². The van der Waals surface area contributed by atoms with E-state index in [0.717, 1.165) is 24.8 Å². The summed E-state index contributed by atoms with van der Waals surface area (Å²) >= 11 is 6.12. The topological polar surface area (TPSA) is 72.5 Å². The predicted octanol–water partition coefficient (Wildman–Crippen LogP) is 4.44. The molecule has 7 heteroatoms. The Morgan fingerprint density at radius 3 is 2.54 bits per heavy atom. The Bertz CT molecular complexity index is 988. The molecule has 0 amide bonds. The van der Waals surface area contributed by atoms with Crippen LogP contribution in [0.5, 0.6) is 0 Å². The van der Waals surface area contributed by atoms with Crippen molar-refractivity contribution < 1.29 is 17.9 Å². The summed E-state index contributed by atoms with van der Waals surface area (Å²) in [5, 5.41) is 0.0560. The molecule has 1 atom stereocenters. The summed E-state index contributed by atoms with van der Waals surface area (Å²) in [5.41, 5.74) is 3.72. The summed E-state index contributed by atoms with van der Waals surface area (Å²) in [6.07, 6.45) is 5.06. The lowest BCUT2D eigenvalue weighted by Crippen LogP contribution is -2.29. The van der Waals surface area contributed by atoms with Crippen LogP contribution in [0.1, 0.15) is 59.3 Å². The maximum absolute atomic E-state index is 13.0. The number of hydrogen-bond acceptors (Lipinski definition) is 4. The number of methoxy groups -OCH3 is 1. The van der Waals surface area contributed by atoms with E-state index in [2.05, 4.69) is 21.6 Å². The normalized spacial score (nSPS) is 15.0. The van der Waals surface area contributed by atoms with E-state index < -0.39 is 16.0 Å². The molecule has 0 heterocycles. The Balaban J connectivity index is 1.91. The van der Waals surface area contributed by atoms with E-state index in [4.69, 9.17) is 11.6 Å². The van der Waals surface area contributed by atoms with Crippen LogP contribution < -0.4 is 4.72 Å². The maximum atomic E-state index is 13.0. The first-order chi connectivity index (χ1) is 13.4. The lowest BCUT2D eigenvalue weighted by molar-refractivity contribution is 0.0600. The highest BCUT2D eigenvalue weighted by Gasteiger charge is 2.25. The largest absolute Gasteiger partial charge is 0.465 e. The van der Waals surface area contributed by atoms with Gasteiger partial charge in [0.2, 0.25) is 10.0 Å². The lowest BCUT2D eigenvalue weighted by atomic mass is 9.89. The second-order valence-electron chi connectivity index (χ2n) is 6.95. The van der Waals surface area contributed by atoms with Crippen molar-refractivity contribution in [3.05, 3.63) is 63.7 Å². The van der Waals surface area contributed by atoms with E-state index in [1.807, 2.05) is 13.0 Å². The van der Waals surface area contributed by atoms with Crippen LogP contribution in [0, 0.1) is 0 Å². The first-order valence-corrected chi connectivity index (χ1v) is 11.2. The predicted molar refractivity (Wildman–Crippen MR) is 109 cm³/mol. The van der Waals surface area contributed by atoms with E-state index >= 15 is 0 Å². The average molecular weight is 422 g/mol. The third-order valence-corrected chi connectivity index (χ3v) is 7.08. The fourth-order valence-corrected chi connectivity index (χ4v) is 5.40. The molecule has 0 bridgehead atoms. The quantitative estimate of drug-likeness (QED) is 0.700. The number of sulfonamides is 1. The van der Waals surface area contributed by atoms with Crippen molar-refractivity contribution in [2.75, 3.05) is 7.11 Å². The van der Waals surface area contributed by atoms with Crippen LogP contribution in [0.25, 0.3) is 0 Å². The highest BCUT2D eigenvalue weighted by atomic mass is 35.5. The van der Waals surface area contributed by atoms with Crippen molar-refractivity contribution in [3.8, 4) is 0 Å². The summed E-state index contributed by atoms with van der Waals surface area (Å²) in [5.74, 6) is -0.616. The maximum Gasteiger partial charge on any atom is 0.337 e. The number of benzene rings is 2. The number of rotatable bonds is 6. The third kappa shape index (κ3) is 4.40. The highest BCUT2D eigenvalue weighted by molar-refractivity contribution is 7.89. The van der Waals surface area contributed by atoms with Crippen molar-refractivity contribution >= 4 is 27.6 Å². The Morgan fingerprint density at radius 2 is 1.86 bits per heavy atom. The number of halogens is 1. The molecule has 0 saturated heterocycles. The van der Waals surface area contributed by atoms with Gasteiger partial charge in [0.1, 0.15) is 4.90 Å². The molecular formula is C21H24ClNO4S. The molecule has 0 fully saturated rings. The Labute approximate surface area is 171 Å². The molecule has 1 aliphatic carbocycles. The zero-order valence-corrected chi connectivity index (χ0v) is 17.6. The smallest absolute Gasteiger partial charge is 0.337 e. The molecule has 0 spiro atoms.